The highest BCUT2D eigenvalue weighted by molar-refractivity contribution is 5.84. The van der Waals surface area contributed by atoms with Crippen molar-refractivity contribution < 1.29 is 22.7 Å². The lowest BCUT2D eigenvalue weighted by atomic mass is 9.84. The fourth-order valence-corrected chi connectivity index (χ4v) is 3.02. The Labute approximate surface area is 116 Å². The molecule has 1 N–H and O–H groups in total. The molecule has 116 valence electrons. The molecule has 1 amide bonds. The summed E-state index contributed by atoms with van der Waals surface area (Å²) in [6, 6.07) is 0. The molecule has 2 fully saturated rings. The number of rotatable bonds is 3. The number of carbonyl (C=O) groups is 1. The maximum absolute atomic E-state index is 13.3. The third-order valence-electron chi connectivity index (χ3n) is 4.24. The van der Waals surface area contributed by atoms with Gasteiger partial charge in [-0.25, -0.2) is 0 Å². The van der Waals surface area contributed by atoms with Crippen molar-refractivity contribution in [3.05, 3.63) is 0 Å². The van der Waals surface area contributed by atoms with Crippen molar-refractivity contribution >= 4 is 5.91 Å². The lowest BCUT2D eigenvalue weighted by Gasteiger charge is -2.35. The zero-order chi connectivity index (χ0) is 14.8. The Morgan fingerprint density at radius 3 is 2.75 bits per heavy atom. The molecule has 2 aliphatic rings. The summed E-state index contributed by atoms with van der Waals surface area (Å²) in [7, 11) is 1.46. The number of alkyl halides is 3. The van der Waals surface area contributed by atoms with Crippen LogP contribution in [0.5, 0.6) is 0 Å². The smallest absolute Gasteiger partial charge is 0.381 e. The SMILES string of the molecule is CN(CC1CCCOC1)C(=O)C1(C(F)(F)F)CCNC1. The van der Waals surface area contributed by atoms with E-state index in [2.05, 4.69) is 5.32 Å². The van der Waals surface area contributed by atoms with Crippen LogP contribution >= 0.6 is 0 Å². The molecule has 0 aromatic rings. The zero-order valence-electron chi connectivity index (χ0n) is 11.6. The van der Waals surface area contributed by atoms with Crippen molar-refractivity contribution in [1.29, 1.82) is 0 Å². The first-order valence-electron chi connectivity index (χ1n) is 6.97. The Morgan fingerprint density at radius 1 is 1.50 bits per heavy atom. The third kappa shape index (κ3) is 2.93. The summed E-state index contributed by atoms with van der Waals surface area (Å²) in [5, 5.41) is 2.67. The van der Waals surface area contributed by atoms with E-state index in [9.17, 15) is 18.0 Å². The minimum atomic E-state index is -4.51. The van der Waals surface area contributed by atoms with E-state index < -0.39 is 17.5 Å². The van der Waals surface area contributed by atoms with Gasteiger partial charge in [-0.05, 0) is 31.7 Å². The molecule has 0 radical (unpaired) electrons. The van der Waals surface area contributed by atoms with Crippen LogP contribution in [-0.4, -0.2) is 56.9 Å². The van der Waals surface area contributed by atoms with Gasteiger partial charge in [0, 0.05) is 26.7 Å². The van der Waals surface area contributed by atoms with E-state index in [1.165, 1.54) is 11.9 Å². The summed E-state index contributed by atoms with van der Waals surface area (Å²) in [5.74, 6) is -0.682. The van der Waals surface area contributed by atoms with Crippen molar-refractivity contribution in [3.8, 4) is 0 Å². The molecule has 7 heteroatoms. The summed E-state index contributed by atoms with van der Waals surface area (Å²) in [6.45, 7) is 1.46. The van der Waals surface area contributed by atoms with Crippen LogP contribution in [0.1, 0.15) is 19.3 Å². The molecular formula is C13H21F3N2O2. The van der Waals surface area contributed by atoms with Crippen LogP contribution < -0.4 is 5.32 Å². The Kier molecular flexibility index (Phi) is 4.59. The molecule has 2 aliphatic heterocycles. The molecule has 20 heavy (non-hydrogen) atoms. The van der Waals surface area contributed by atoms with Crippen LogP contribution in [-0.2, 0) is 9.53 Å². The minimum absolute atomic E-state index is 0.136. The van der Waals surface area contributed by atoms with E-state index in [1.807, 2.05) is 0 Å². The van der Waals surface area contributed by atoms with Gasteiger partial charge in [0.2, 0.25) is 5.91 Å². The highest BCUT2D eigenvalue weighted by Crippen LogP contribution is 2.44. The number of ether oxygens (including phenoxy) is 1. The second-order valence-electron chi connectivity index (χ2n) is 5.78. The number of hydrogen-bond donors (Lipinski definition) is 1. The predicted molar refractivity (Wildman–Crippen MR) is 67.2 cm³/mol. The van der Waals surface area contributed by atoms with E-state index in [4.69, 9.17) is 4.74 Å². The molecule has 0 aromatic carbocycles. The van der Waals surface area contributed by atoms with Crippen LogP contribution in [0.4, 0.5) is 13.2 Å². The third-order valence-corrected chi connectivity index (χ3v) is 4.24. The molecule has 0 aliphatic carbocycles. The summed E-state index contributed by atoms with van der Waals surface area (Å²) in [5.41, 5.74) is -2.25. The van der Waals surface area contributed by atoms with Crippen LogP contribution in [0, 0.1) is 11.3 Å². The van der Waals surface area contributed by atoms with Gasteiger partial charge in [-0.15, -0.1) is 0 Å². The maximum atomic E-state index is 13.3. The van der Waals surface area contributed by atoms with E-state index in [-0.39, 0.29) is 25.4 Å². The van der Waals surface area contributed by atoms with Crippen molar-refractivity contribution in [3.63, 3.8) is 0 Å². The van der Waals surface area contributed by atoms with Gasteiger partial charge in [-0.1, -0.05) is 0 Å². The van der Waals surface area contributed by atoms with Crippen molar-refractivity contribution in [2.24, 2.45) is 11.3 Å². The topological polar surface area (TPSA) is 41.6 Å². The number of halogens is 3. The fourth-order valence-electron chi connectivity index (χ4n) is 3.02. The molecular weight excluding hydrogens is 273 g/mol. The Hall–Kier alpha value is -0.820. The van der Waals surface area contributed by atoms with Crippen LogP contribution in [0.15, 0.2) is 0 Å². The highest BCUT2D eigenvalue weighted by Gasteiger charge is 2.62. The number of nitrogens with zero attached hydrogens (tertiary/aromatic N) is 1. The second kappa shape index (κ2) is 5.89. The first-order chi connectivity index (χ1) is 9.37. The lowest BCUT2D eigenvalue weighted by Crippen LogP contribution is -2.53. The average Bonchev–Trinajstić information content (AvgIpc) is 2.89. The molecule has 0 spiro atoms. The first kappa shape index (κ1) is 15.6. The Morgan fingerprint density at radius 2 is 2.25 bits per heavy atom. The standard InChI is InChI=1S/C13H21F3N2O2/c1-18(7-10-3-2-6-20-8-10)11(19)12(13(14,15)16)4-5-17-9-12/h10,17H,2-9H2,1H3. The van der Waals surface area contributed by atoms with E-state index in [0.29, 0.717) is 19.8 Å². The average molecular weight is 294 g/mol. The Bertz CT molecular complexity index is 348. The molecule has 4 nitrogen and oxygen atoms in total. The normalized spacial score (nSPS) is 31.3. The van der Waals surface area contributed by atoms with Crippen LogP contribution in [0.25, 0.3) is 0 Å². The van der Waals surface area contributed by atoms with E-state index >= 15 is 0 Å². The van der Waals surface area contributed by atoms with Gasteiger partial charge in [0.1, 0.15) is 0 Å². The van der Waals surface area contributed by atoms with Crippen molar-refractivity contribution in [2.75, 3.05) is 39.9 Å². The number of amides is 1. The molecule has 2 saturated heterocycles. The molecule has 2 rings (SSSR count). The maximum Gasteiger partial charge on any atom is 0.404 e. The van der Waals surface area contributed by atoms with Gasteiger partial charge in [-0.2, -0.15) is 13.2 Å². The number of hydrogen-bond acceptors (Lipinski definition) is 3. The molecule has 2 heterocycles. The number of nitrogens with one attached hydrogen (secondary N) is 1. The van der Waals surface area contributed by atoms with Gasteiger partial charge < -0.3 is 15.0 Å². The van der Waals surface area contributed by atoms with Gasteiger partial charge in [-0.3, -0.25) is 4.79 Å². The minimum Gasteiger partial charge on any atom is -0.381 e. The van der Waals surface area contributed by atoms with E-state index in [1.54, 1.807) is 0 Å². The van der Waals surface area contributed by atoms with Crippen LogP contribution in [0.3, 0.4) is 0 Å². The number of carbonyl (C=O) groups excluding carboxylic acids is 1. The van der Waals surface area contributed by atoms with Crippen LogP contribution in [0.2, 0.25) is 0 Å². The summed E-state index contributed by atoms with van der Waals surface area (Å²) < 4.78 is 45.2. The lowest BCUT2D eigenvalue weighted by molar-refractivity contribution is -0.221. The summed E-state index contributed by atoms with van der Waals surface area (Å²) >= 11 is 0. The largest absolute Gasteiger partial charge is 0.404 e. The highest BCUT2D eigenvalue weighted by atomic mass is 19.4. The zero-order valence-corrected chi connectivity index (χ0v) is 11.6. The van der Waals surface area contributed by atoms with Gasteiger partial charge in [0.15, 0.2) is 5.41 Å². The van der Waals surface area contributed by atoms with E-state index in [0.717, 1.165) is 12.8 Å². The van der Waals surface area contributed by atoms with Gasteiger partial charge >= 0.3 is 6.18 Å². The van der Waals surface area contributed by atoms with Gasteiger partial charge in [0.05, 0.1) is 6.61 Å². The molecule has 0 saturated carbocycles. The fraction of sp³-hybridized carbons (Fsp3) is 0.923. The van der Waals surface area contributed by atoms with Crippen molar-refractivity contribution in [2.45, 2.75) is 25.4 Å². The molecule has 2 unspecified atom stereocenters. The monoisotopic (exact) mass is 294 g/mol. The Balaban J connectivity index is 2.03. The first-order valence-corrected chi connectivity index (χ1v) is 6.97. The second-order valence-corrected chi connectivity index (χ2v) is 5.78. The summed E-state index contributed by atoms with van der Waals surface area (Å²) in [4.78, 5) is 13.5. The summed E-state index contributed by atoms with van der Waals surface area (Å²) in [6.07, 6.45) is -2.89. The molecule has 0 aromatic heterocycles. The molecule has 0 bridgehead atoms. The molecule has 2 atom stereocenters. The van der Waals surface area contributed by atoms with Crippen molar-refractivity contribution in [1.82, 2.24) is 10.2 Å². The predicted octanol–water partition coefficient (Wildman–Crippen LogP) is 1.41. The quantitative estimate of drug-likeness (QED) is 0.856. The van der Waals surface area contributed by atoms with Gasteiger partial charge in [0.25, 0.3) is 0 Å².